The second-order valence-electron chi connectivity index (χ2n) is 12.2. The summed E-state index contributed by atoms with van der Waals surface area (Å²) in [5, 5.41) is 13.9. The summed E-state index contributed by atoms with van der Waals surface area (Å²) in [7, 11) is 0. The Bertz CT molecular complexity index is 2390. The first-order chi connectivity index (χ1) is 23.7. The zero-order chi connectivity index (χ0) is 32.2. The van der Waals surface area contributed by atoms with Crippen molar-refractivity contribution in [3.05, 3.63) is 181 Å². The molecule has 4 heteroatoms. The molecule has 1 N–H and O–H groups in total. The Hall–Kier alpha value is -6.23. The van der Waals surface area contributed by atoms with Gasteiger partial charge in [-0.2, -0.15) is 0 Å². The van der Waals surface area contributed by atoms with Gasteiger partial charge in [0.05, 0.1) is 22.3 Å². The number of aromatic nitrogens is 1. The third kappa shape index (κ3) is 4.46. The summed E-state index contributed by atoms with van der Waals surface area (Å²) in [6.07, 6.45) is -1.11. The lowest BCUT2D eigenvalue weighted by molar-refractivity contribution is 0.0935. The quantitative estimate of drug-likeness (QED) is 0.209. The van der Waals surface area contributed by atoms with Crippen molar-refractivity contribution in [1.29, 1.82) is 0 Å². The SMILES string of the molecule is O=C1c2c(cccc2-n2c3ccc(-c4ccccc4)cc3c3cc(-c4ccccc4)ccc32)C(O)N1c1cccc(-c2ccccc2)c1. The van der Waals surface area contributed by atoms with Crippen molar-refractivity contribution < 1.29 is 9.90 Å². The number of fused-ring (bicyclic) bond motifs is 4. The highest BCUT2D eigenvalue weighted by Gasteiger charge is 2.39. The van der Waals surface area contributed by atoms with Crippen molar-refractivity contribution >= 4 is 33.4 Å². The lowest BCUT2D eigenvalue weighted by atomic mass is 10.0. The van der Waals surface area contributed by atoms with E-state index in [0.29, 0.717) is 16.8 Å². The predicted octanol–water partition coefficient (Wildman–Crippen LogP) is 10.4. The van der Waals surface area contributed by atoms with E-state index < -0.39 is 6.23 Å². The molecular weight excluding hydrogens is 588 g/mol. The van der Waals surface area contributed by atoms with E-state index in [4.69, 9.17) is 0 Å². The smallest absolute Gasteiger partial charge is 0.263 e. The van der Waals surface area contributed by atoms with Crippen LogP contribution in [-0.2, 0) is 0 Å². The summed E-state index contributed by atoms with van der Waals surface area (Å²) in [4.78, 5) is 16.0. The first-order valence-corrected chi connectivity index (χ1v) is 16.2. The van der Waals surface area contributed by atoms with Crippen LogP contribution in [0.3, 0.4) is 0 Å². The fourth-order valence-corrected chi connectivity index (χ4v) is 7.19. The minimum absolute atomic E-state index is 0.227. The molecular formula is C44H30N2O2. The van der Waals surface area contributed by atoms with Crippen molar-refractivity contribution in [1.82, 2.24) is 4.57 Å². The Kier molecular flexibility index (Phi) is 6.56. The molecule has 0 saturated heterocycles. The van der Waals surface area contributed by atoms with Gasteiger partial charge in [0.1, 0.15) is 0 Å². The maximum atomic E-state index is 14.5. The molecule has 1 amide bonds. The normalized spacial score (nSPS) is 14.1. The number of amides is 1. The van der Waals surface area contributed by atoms with Crippen LogP contribution in [0.25, 0.3) is 60.9 Å². The van der Waals surface area contributed by atoms with E-state index >= 15 is 0 Å². The molecule has 1 aliphatic heterocycles. The Labute approximate surface area is 278 Å². The molecule has 8 aromatic rings. The number of anilines is 1. The first-order valence-electron chi connectivity index (χ1n) is 16.2. The molecule has 9 rings (SSSR count). The van der Waals surface area contributed by atoms with Crippen LogP contribution in [0.4, 0.5) is 5.69 Å². The fraction of sp³-hybridized carbons (Fsp3) is 0.0227. The van der Waals surface area contributed by atoms with Gasteiger partial charge in [-0.1, -0.05) is 127 Å². The minimum Gasteiger partial charge on any atom is -0.369 e. The largest absolute Gasteiger partial charge is 0.369 e. The van der Waals surface area contributed by atoms with Gasteiger partial charge in [0.15, 0.2) is 6.23 Å². The van der Waals surface area contributed by atoms with Gasteiger partial charge in [-0.15, -0.1) is 0 Å². The second kappa shape index (κ2) is 11.2. The molecule has 2 heterocycles. The van der Waals surface area contributed by atoms with E-state index in [2.05, 4.69) is 89.5 Å². The number of aliphatic hydroxyl groups excluding tert-OH is 1. The van der Waals surface area contributed by atoms with Crippen LogP contribution in [0.1, 0.15) is 22.1 Å². The Morgan fingerprint density at radius 2 is 0.938 bits per heavy atom. The summed E-state index contributed by atoms with van der Waals surface area (Å²) >= 11 is 0. The van der Waals surface area contributed by atoms with Crippen molar-refractivity contribution in [2.75, 3.05) is 4.90 Å². The standard InChI is InChI=1S/C44H30N2O2/c47-43-36-20-11-21-41(42(36)44(48)45(43)35-19-10-18-32(26-35)29-12-4-1-5-13-29)46-39-24-22-33(30-14-6-2-7-15-30)27-37(39)38-28-34(23-25-40(38)46)31-16-8-3-9-17-31/h1-28,43,47H. The van der Waals surface area contributed by atoms with Gasteiger partial charge in [-0.3, -0.25) is 9.69 Å². The molecule has 1 atom stereocenters. The molecule has 1 unspecified atom stereocenters. The van der Waals surface area contributed by atoms with E-state index in [1.54, 1.807) is 0 Å². The van der Waals surface area contributed by atoms with Crippen LogP contribution in [0, 0.1) is 0 Å². The van der Waals surface area contributed by atoms with E-state index in [0.717, 1.165) is 60.9 Å². The third-order valence-electron chi connectivity index (χ3n) is 9.48. The average Bonchev–Trinajstić information content (AvgIpc) is 3.62. The number of benzene rings is 7. The average molecular weight is 619 g/mol. The van der Waals surface area contributed by atoms with Gasteiger partial charge in [0.2, 0.25) is 0 Å². The lowest BCUT2D eigenvalue weighted by Gasteiger charge is -2.21. The van der Waals surface area contributed by atoms with Crippen molar-refractivity contribution in [2.24, 2.45) is 0 Å². The van der Waals surface area contributed by atoms with Gasteiger partial charge in [0.25, 0.3) is 5.91 Å². The summed E-state index contributed by atoms with van der Waals surface area (Å²) < 4.78 is 2.18. The highest BCUT2D eigenvalue weighted by Crippen LogP contribution is 2.43. The number of rotatable bonds is 5. The molecule has 1 aliphatic rings. The van der Waals surface area contributed by atoms with Gasteiger partial charge < -0.3 is 9.67 Å². The van der Waals surface area contributed by atoms with Crippen LogP contribution in [0.5, 0.6) is 0 Å². The maximum Gasteiger partial charge on any atom is 0.263 e. The molecule has 0 radical (unpaired) electrons. The number of aliphatic hydroxyl groups is 1. The third-order valence-corrected chi connectivity index (χ3v) is 9.48. The molecule has 228 valence electrons. The summed E-state index contributed by atoms with van der Waals surface area (Å²) in [5.74, 6) is -0.227. The van der Waals surface area contributed by atoms with Gasteiger partial charge in [-0.05, 0) is 75.8 Å². The molecule has 0 spiro atoms. The zero-order valence-corrected chi connectivity index (χ0v) is 26.0. The topological polar surface area (TPSA) is 45.5 Å². The molecule has 0 aliphatic carbocycles. The minimum atomic E-state index is -1.11. The number of carbonyl (C=O) groups excluding carboxylic acids is 1. The molecule has 48 heavy (non-hydrogen) atoms. The Morgan fingerprint density at radius 1 is 0.458 bits per heavy atom. The summed E-state index contributed by atoms with van der Waals surface area (Å²) in [6, 6.07) is 57.5. The van der Waals surface area contributed by atoms with Crippen LogP contribution < -0.4 is 4.90 Å². The molecule has 0 bridgehead atoms. The Balaban J connectivity index is 1.24. The zero-order valence-electron chi connectivity index (χ0n) is 26.0. The van der Waals surface area contributed by atoms with Gasteiger partial charge in [-0.25, -0.2) is 0 Å². The molecule has 4 nitrogen and oxygen atoms in total. The van der Waals surface area contributed by atoms with E-state index in [1.165, 1.54) is 4.90 Å². The number of carbonyl (C=O) groups is 1. The van der Waals surface area contributed by atoms with E-state index in [-0.39, 0.29) is 5.91 Å². The molecule has 0 saturated carbocycles. The summed E-state index contributed by atoms with van der Waals surface area (Å²) in [5.41, 5.74) is 11.1. The number of nitrogens with zero attached hydrogens (tertiary/aromatic N) is 2. The highest BCUT2D eigenvalue weighted by molar-refractivity contribution is 6.16. The number of hydrogen-bond acceptors (Lipinski definition) is 2. The predicted molar refractivity (Wildman–Crippen MR) is 195 cm³/mol. The Morgan fingerprint density at radius 3 is 1.48 bits per heavy atom. The molecule has 1 aromatic heterocycles. The van der Waals surface area contributed by atoms with Crippen LogP contribution in [0.15, 0.2) is 170 Å². The van der Waals surface area contributed by atoms with Crippen molar-refractivity contribution in [3.63, 3.8) is 0 Å². The fourth-order valence-electron chi connectivity index (χ4n) is 7.19. The van der Waals surface area contributed by atoms with E-state index in [1.807, 2.05) is 84.9 Å². The lowest BCUT2D eigenvalue weighted by Crippen LogP contribution is -2.27. The van der Waals surface area contributed by atoms with E-state index in [9.17, 15) is 9.90 Å². The maximum absolute atomic E-state index is 14.5. The molecule has 7 aromatic carbocycles. The monoisotopic (exact) mass is 618 g/mol. The van der Waals surface area contributed by atoms with Crippen LogP contribution in [0.2, 0.25) is 0 Å². The highest BCUT2D eigenvalue weighted by atomic mass is 16.3. The van der Waals surface area contributed by atoms with Crippen LogP contribution >= 0.6 is 0 Å². The van der Waals surface area contributed by atoms with Gasteiger partial charge in [0, 0.05) is 22.0 Å². The summed E-state index contributed by atoms with van der Waals surface area (Å²) in [6.45, 7) is 0. The first kappa shape index (κ1) is 28.0. The number of hydrogen-bond donors (Lipinski definition) is 1. The van der Waals surface area contributed by atoms with Crippen molar-refractivity contribution in [3.8, 4) is 39.1 Å². The second-order valence-corrected chi connectivity index (χ2v) is 12.2. The van der Waals surface area contributed by atoms with Crippen molar-refractivity contribution in [2.45, 2.75) is 6.23 Å². The molecule has 0 fully saturated rings. The van der Waals surface area contributed by atoms with Crippen LogP contribution in [-0.4, -0.2) is 15.6 Å². The van der Waals surface area contributed by atoms with Gasteiger partial charge >= 0.3 is 0 Å².